The van der Waals surface area contributed by atoms with Crippen molar-refractivity contribution in [1.82, 2.24) is 0 Å². The van der Waals surface area contributed by atoms with E-state index in [9.17, 15) is 9.90 Å². The monoisotopic (exact) mass is 486 g/mol. The van der Waals surface area contributed by atoms with Crippen molar-refractivity contribution in [3.63, 3.8) is 0 Å². The minimum absolute atomic E-state index is 0.00846. The Kier molecular flexibility index (Phi) is 7.99. The summed E-state index contributed by atoms with van der Waals surface area (Å²) in [6, 6.07) is 12.0. The van der Waals surface area contributed by atoms with Crippen LogP contribution >= 0.6 is 11.6 Å². The Balaban J connectivity index is 2.07. The van der Waals surface area contributed by atoms with Gasteiger partial charge in [0.2, 0.25) is 0 Å². The fraction of sp³-hybridized carbons (Fsp3) is 0.464. The maximum Gasteiger partial charge on any atom is 0.341 e. The second-order valence-corrected chi connectivity index (χ2v) is 10.5. The first-order valence-electron chi connectivity index (χ1n) is 11.6. The van der Waals surface area contributed by atoms with Gasteiger partial charge >= 0.3 is 5.97 Å². The molecule has 2 aromatic rings. The number of ether oxygens (including phenoxy) is 3. The topological polar surface area (TPSA) is 65.0 Å². The maximum atomic E-state index is 11.3. The lowest BCUT2D eigenvalue weighted by molar-refractivity contribution is -0.139. The van der Waals surface area contributed by atoms with E-state index in [1.807, 2.05) is 31.2 Å². The summed E-state index contributed by atoms with van der Waals surface area (Å²) in [7, 11) is 1.66. The lowest BCUT2D eigenvalue weighted by Crippen LogP contribution is -2.35. The Morgan fingerprint density at radius 1 is 1.26 bits per heavy atom. The number of aliphatic carboxylic acids is 1. The molecule has 0 radical (unpaired) electrons. The molecule has 5 nitrogen and oxygen atoms in total. The minimum Gasteiger partial charge on any atom is -0.497 e. The Bertz CT molecular complexity index is 1060. The van der Waals surface area contributed by atoms with Gasteiger partial charge in [0, 0.05) is 17.4 Å². The number of halogens is 1. The highest BCUT2D eigenvalue weighted by Gasteiger charge is 2.40. The van der Waals surface area contributed by atoms with Gasteiger partial charge in [0.05, 0.1) is 24.3 Å². The van der Waals surface area contributed by atoms with Gasteiger partial charge in [0.15, 0.2) is 6.61 Å². The number of rotatable bonds is 7. The fourth-order valence-corrected chi connectivity index (χ4v) is 4.87. The summed E-state index contributed by atoms with van der Waals surface area (Å²) in [5.41, 5.74) is 3.78. The van der Waals surface area contributed by atoms with E-state index in [1.54, 1.807) is 7.11 Å². The summed E-state index contributed by atoms with van der Waals surface area (Å²) in [4.78, 5) is 11.3. The number of carbonyl (C=O) groups is 1. The largest absolute Gasteiger partial charge is 0.497 e. The van der Waals surface area contributed by atoms with Gasteiger partial charge in [-0.25, -0.2) is 4.79 Å². The summed E-state index contributed by atoms with van der Waals surface area (Å²) in [6.07, 6.45) is 0.361. The lowest BCUT2D eigenvalue weighted by Gasteiger charge is -2.42. The Morgan fingerprint density at radius 3 is 2.56 bits per heavy atom. The van der Waals surface area contributed by atoms with Crippen molar-refractivity contribution in [3.8, 4) is 11.5 Å². The quantitative estimate of drug-likeness (QED) is 0.429. The zero-order valence-corrected chi connectivity index (χ0v) is 21.6. The smallest absolute Gasteiger partial charge is 0.341 e. The Hall–Kier alpha value is -2.50. The second-order valence-electron chi connectivity index (χ2n) is 10.1. The molecule has 34 heavy (non-hydrogen) atoms. The van der Waals surface area contributed by atoms with Crippen molar-refractivity contribution in [2.24, 2.45) is 5.92 Å². The van der Waals surface area contributed by atoms with E-state index in [2.05, 4.69) is 46.4 Å². The average molecular weight is 487 g/mol. The van der Waals surface area contributed by atoms with Crippen LogP contribution in [-0.2, 0) is 14.9 Å². The van der Waals surface area contributed by atoms with Crippen LogP contribution < -0.4 is 9.47 Å². The number of carboxylic acids is 1. The molecule has 0 aromatic heterocycles. The maximum absolute atomic E-state index is 11.3. The van der Waals surface area contributed by atoms with Crippen molar-refractivity contribution < 1.29 is 24.1 Å². The Labute approximate surface area is 207 Å². The van der Waals surface area contributed by atoms with Crippen LogP contribution in [0.25, 0.3) is 0 Å². The van der Waals surface area contributed by atoms with Gasteiger partial charge in [0.25, 0.3) is 0 Å². The molecular weight excluding hydrogens is 452 g/mol. The van der Waals surface area contributed by atoms with Crippen molar-refractivity contribution >= 4 is 17.6 Å². The van der Waals surface area contributed by atoms with Gasteiger partial charge < -0.3 is 19.3 Å². The third-order valence-corrected chi connectivity index (χ3v) is 6.82. The number of hydrogen-bond acceptors (Lipinski definition) is 4. The summed E-state index contributed by atoms with van der Waals surface area (Å²) >= 11 is 6.66. The molecular formula is C28H35ClO5. The second kappa shape index (κ2) is 10.4. The lowest BCUT2D eigenvalue weighted by atomic mass is 9.75. The first-order valence-corrected chi connectivity index (χ1v) is 11.9. The number of hydrogen-bond donors (Lipinski definition) is 1. The van der Waals surface area contributed by atoms with Crippen LogP contribution in [0, 0.1) is 5.92 Å². The van der Waals surface area contributed by atoms with Gasteiger partial charge in [-0.2, -0.15) is 0 Å². The van der Waals surface area contributed by atoms with Crippen LogP contribution in [0.2, 0.25) is 5.02 Å². The summed E-state index contributed by atoms with van der Waals surface area (Å²) in [5, 5.41) is 9.60. The third-order valence-electron chi connectivity index (χ3n) is 6.54. The van der Waals surface area contributed by atoms with Gasteiger partial charge in [-0.05, 0) is 61.1 Å². The third kappa shape index (κ3) is 5.76. The molecule has 1 heterocycles. The van der Waals surface area contributed by atoms with Crippen LogP contribution in [0.3, 0.4) is 0 Å². The average Bonchev–Trinajstić information content (AvgIpc) is 2.76. The molecule has 0 unspecified atom stereocenters. The zero-order chi connectivity index (χ0) is 25.2. The molecule has 1 N–H and O–H groups in total. The molecule has 0 amide bonds. The predicted molar refractivity (Wildman–Crippen MR) is 135 cm³/mol. The van der Waals surface area contributed by atoms with Crippen molar-refractivity contribution in [1.29, 1.82) is 0 Å². The predicted octanol–water partition coefficient (Wildman–Crippen LogP) is 6.94. The molecule has 6 heteroatoms. The van der Waals surface area contributed by atoms with Crippen LogP contribution in [0.15, 0.2) is 48.6 Å². The van der Waals surface area contributed by atoms with Gasteiger partial charge in [-0.3, -0.25) is 0 Å². The standard InChI is InChI=1S/C28H35ClO5/c1-16(2)21-14-22(18-9-8-10-20(11-18)32-7)17(3)34-26(21)23-12-19(28(4,5)6)13-24(29)27(23)33-15-25(30)31/h8-13,17,21-22,26H,1,14-15H2,2-7H3,(H,30,31)/t17-,21+,22-,26-/m0/s1. The Morgan fingerprint density at radius 2 is 1.97 bits per heavy atom. The summed E-state index contributed by atoms with van der Waals surface area (Å²) < 4.78 is 17.8. The van der Waals surface area contributed by atoms with Crippen molar-refractivity contribution in [3.05, 3.63) is 70.3 Å². The molecule has 0 spiro atoms. The molecule has 2 aromatic carbocycles. The first kappa shape index (κ1) is 26.1. The van der Waals surface area contributed by atoms with Crippen LogP contribution in [0.5, 0.6) is 11.5 Å². The molecule has 0 saturated carbocycles. The van der Waals surface area contributed by atoms with Crippen LogP contribution in [0.4, 0.5) is 0 Å². The van der Waals surface area contributed by atoms with Gasteiger partial charge in [0.1, 0.15) is 11.5 Å². The molecule has 4 atom stereocenters. The molecule has 1 aliphatic rings. The molecule has 1 aliphatic heterocycles. The zero-order valence-electron chi connectivity index (χ0n) is 20.9. The van der Waals surface area contributed by atoms with E-state index in [1.165, 1.54) is 0 Å². The van der Waals surface area contributed by atoms with E-state index < -0.39 is 12.6 Å². The normalized spacial score (nSPS) is 22.8. The van der Waals surface area contributed by atoms with Gasteiger partial charge in [-0.1, -0.05) is 56.7 Å². The van der Waals surface area contributed by atoms with Crippen molar-refractivity contribution in [2.75, 3.05) is 13.7 Å². The molecule has 1 fully saturated rings. The highest BCUT2D eigenvalue weighted by Crippen LogP contribution is 2.50. The van der Waals surface area contributed by atoms with E-state index in [0.29, 0.717) is 10.8 Å². The molecule has 184 valence electrons. The molecule has 1 saturated heterocycles. The number of carboxylic acid groups (broad SMARTS) is 1. The first-order chi connectivity index (χ1) is 15.9. The highest BCUT2D eigenvalue weighted by atomic mass is 35.5. The van der Waals surface area contributed by atoms with E-state index in [0.717, 1.165) is 34.4 Å². The van der Waals surface area contributed by atoms with E-state index in [4.69, 9.17) is 25.8 Å². The summed E-state index contributed by atoms with van der Waals surface area (Å²) in [5.74, 6) is 0.256. The number of methoxy groups -OCH3 is 1. The van der Waals surface area contributed by atoms with Crippen LogP contribution in [0.1, 0.15) is 69.8 Å². The van der Waals surface area contributed by atoms with Gasteiger partial charge in [-0.15, -0.1) is 0 Å². The van der Waals surface area contributed by atoms with E-state index in [-0.39, 0.29) is 29.5 Å². The van der Waals surface area contributed by atoms with Crippen LogP contribution in [-0.4, -0.2) is 30.9 Å². The summed E-state index contributed by atoms with van der Waals surface area (Å²) in [6.45, 7) is 14.2. The highest BCUT2D eigenvalue weighted by molar-refractivity contribution is 6.32. The molecule has 3 rings (SSSR count). The fourth-order valence-electron chi connectivity index (χ4n) is 4.58. The SMILES string of the molecule is C=C(C)[C@H]1C[C@H](c2cccc(OC)c2)[C@H](C)O[C@@H]1c1cc(C(C)(C)C)cc(Cl)c1OCC(=O)O. The molecule has 0 aliphatic carbocycles. The van der Waals surface area contributed by atoms with E-state index >= 15 is 0 Å². The number of benzene rings is 2. The van der Waals surface area contributed by atoms with Crippen molar-refractivity contribution in [2.45, 2.75) is 64.6 Å². The minimum atomic E-state index is -1.06. The molecule has 0 bridgehead atoms.